The minimum absolute atomic E-state index is 0.105. The molecule has 564 valence electrons. The summed E-state index contributed by atoms with van der Waals surface area (Å²) in [7, 11) is -9.91. The maximum Gasteiger partial charge on any atom is 0.472 e. The van der Waals surface area contributed by atoms with Crippen LogP contribution in [0.25, 0.3) is 0 Å². The third kappa shape index (κ3) is 70.3. The SMILES string of the molecule is CC(C)CCCCCCCCCCCCCCCCC(=O)OC[C@H](COP(=O)(O)OCC(O)COP(=O)(O)OC[C@@H](COC(=O)CCCCCCCCCCC(C)C)OC(=O)CCCCCCCCCCCCC(C)C)OC(=O)CCCCCCCCCCCCCC(C)C. The van der Waals surface area contributed by atoms with E-state index in [9.17, 15) is 43.2 Å². The highest BCUT2D eigenvalue weighted by molar-refractivity contribution is 7.47. The molecule has 3 N–H and O–H groups in total. The minimum Gasteiger partial charge on any atom is -0.462 e. The number of unbranched alkanes of at least 4 members (excludes halogenated alkanes) is 39. The van der Waals surface area contributed by atoms with Crippen molar-refractivity contribution in [3.05, 3.63) is 0 Å². The molecule has 0 saturated carbocycles. The van der Waals surface area contributed by atoms with Crippen LogP contribution in [0.15, 0.2) is 0 Å². The van der Waals surface area contributed by atoms with Crippen LogP contribution >= 0.6 is 15.6 Å². The van der Waals surface area contributed by atoms with Gasteiger partial charge in [-0.2, -0.15) is 0 Å². The number of ether oxygens (including phenoxy) is 4. The van der Waals surface area contributed by atoms with Crippen molar-refractivity contribution in [2.24, 2.45) is 23.7 Å². The smallest absolute Gasteiger partial charge is 0.462 e. The molecule has 0 aliphatic heterocycles. The van der Waals surface area contributed by atoms with E-state index in [2.05, 4.69) is 55.4 Å². The van der Waals surface area contributed by atoms with Crippen molar-refractivity contribution in [2.45, 2.75) is 401 Å². The molecule has 0 rings (SSSR count). The van der Waals surface area contributed by atoms with Gasteiger partial charge in [-0.05, 0) is 49.4 Å². The van der Waals surface area contributed by atoms with Crippen molar-refractivity contribution >= 4 is 39.5 Å². The predicted octanol–water partition coefficient (Wildman–Crippen LogP) is 22.0. The number of phosphoric ester groups is 2. The van der Waals surface area contributed by atoms with E-state index in [1.807, 2.05) is 0 Å². The summed E-state index contributed by atoms with van der Waals surface area (Å²) in [4.78, 5) is 72.8. The average molecular weight is 1400 g/mol. The van der Waals surface area contributed by atoms with Gasteiger partial charge in [-0.15, -0.1) is 0 Å². The molecule has 0 aromatic heterocycles. The van der Waals surface area contributed by atoms with E-state index in [0.717, 1.165) is 114 Å². The van der Waals surface area contributed by atoms with E-state index in [4.69, 9.17) is 37.0 Å². The third-order valence-electron chi connectivity index (χ3n) is 17.6. The first-order chi connectivity index (χ1) is 45.6. The number of hydrogen-bond acceptors (Lipinski definition) is 15. The molecule has 95 heavy (non-hydrogen) atoms. The zero-order chi connectivity index (χ0) is 70.3. The van der Waals surface area contributed by atoms with Gasteiger partial charge >= 0.3 is 39.5 Å². The largest absolute Gasteiger partial charge is 0.472 e. The lowest BCUT2D eigenvalue weighted by molar-refractivity contribution is -0.161. The Bertz CT molecular complexity index is 1870. The highest BCUT2D eigenvalue weighted by Gasteiger charge is 2.30. The minimum atomic E-state index is -4.96. The van der Waals surface area contributed by atoms with Crippen LogP contribution < -0.4 is 0 Å². The molecule has 0 bridgehead atoms. The summed E-state index contributed by atoms with van der Waals surface area (Å²) >= 11 is 0. The van der Waals surface area contributed by atoms with Crippen molar-refractivity contribution in [1.82, 2.24) is 0 Å². The Morgan fingerprint density at radius 1 is 0.263 bits per heavy atom. The molecule has 0 spiro atoms. The van der Waals surface area contributed by atoms with Crippen LogP contribution in [0, 0.1) is 23.7 Å². The van der Waals surface area contributed by atoms with E-state index in [1.165, 1.54) is 186 Å². The standard InChI is InChI=1S/C76H148O17P2/c1-66(2)52-44-36-28-20-14-11-9-10-12-16-23-32-40-48-56-73(78)86-62-71(92-75(80)58-50-42-34-24-17-13-15-21-29-37-45-53-67(3)4)64-90-94(82,83)88-60-70(77)61-89-95(84,85)91-65-72(63-87-74(79)57-49-41-33-27-26-31-39-47-55-69(7)8)93-76(81)59-51-43-35-25-19-18-22-30-38-46-54-68(5)6/h66-72,77H,9-65H2,1-8H3,(H,82,83)(H,84,85)/t70?,71-,72-/m1/s1. The molecular weight excluding hydrogens is 1250 g/mol. The van der Waals surface area contributed by atoms with Crippen LogP contribution in [0.2, 0.25) is 0 Å². The maximum absolute atomic E-state index is 13.1. The Labute approximate surface area is 581 Å². The van der Waals surface area contributed by atoms with Crippen LogP contribution in [0.3, 0.4) is 0 Å². The van der Waals surface area contributed by atoms with Crippen LogP contribution in [0.1, 0.15) is 383 Å². The molecule has 5 atom stereocenters. The second kappa shape index (κ2) is 65.4. The highest BCUT2D eigenvalue weighted by Crippen LogP contribution is 2.45. The molecular formula is C76H148O17P2. The average Bonchev–Trinajstić information content (AvgIpc) is 1.60. The highest BCUT2D eigenvalue weighted by atomic mass is 31.2. The van der Waals surface area contributed by atoms with Crippen molar-refractivity contribution in [3.8, 4) is 0 Å². The fourth-order valence-electron chi connectivity index (χ4n) is 11.6. The predicted molar refractivity (Wildman–Crippen MR) is 386 cm³/mol. The Morgan fingerprint density at radius 2 is 0.442 bits per heavy atom. The maximum atomic E-state index is 13.1. The van der Waals surface area contributed by atoms with Gasteiger partial charge in [-0.25, -0.2) is 9.13 Å². The van der Waals surface area contributed by atoms with E-state index in [1.54, 1.807) is 0 Å². The first kappa shape index (κ1) is 93.1. The van der Waals surface area contributed by atoms with Gasteiger partial charge in [0.1, 0.15) is 19.3 Å². The third-order valence-corrected chi connectivity index (χ3v) is 19.5. The van der Waals surface area contributed by atoms with E-state index in [0.29, 0.717) is 25.7 Å². The fourth-order valence-corrected chi connectivity index (χ4v) is 13.1. The van der Waals surface area contributed by atoms with Crippen LogP contribution in [-0.4, -0.2) is 96.7 Å². The summed E-state index contributed by atoms with van der Waals surface area (Å²) < 4.78 is 68.5. The van der Waals surface area contributed by atoms with Gasteiger partial charge in [0.15, 0.2) is 12.2 Å². The molecule has 0 aromatic carbocycles. The molecule has 0 amide bonds. The Hall–Kier alpha value is -1.94. The second-order valence-electron chi connectivity index (χ2n) is 29.3. The monoisotopic (exact) mass is 1400 g/mol. The molecule has 17 nitrogen and oxygen atoms in total. The van der Waals surface area contributed by atoms with Crippen LogP contribution in [0.5, 0.6) is 0 Å². The lowest BCUT2D eigenvalue weighted by Gasteiger charge is -2.21. The van der Waals surface area contributed by atoms with Gasteiger partial charge in [-0.3, -0.25) is 37.3 Å². The Balaban J connectivity index is 5.25. The second-order valence-corrected chi connectivity index (χ2v) is 32.2. The van der Waals surface area contributed by atoms with Crippen molar-refractivity contribution in [3.63, 3.8) is 0 Å². The number of phosphoric acid groups is 2. The first-order valence-electron chi connectivity index (χ1n) is 39.2. The molecule has 0 fully saturated rings. The van der Waals surface area contributed by atoms with Crippen LogP contribution in [0.4, 0.5) is 0 Å². The topological polar surface area (TPSA) is 237 Å². The van der Waals surface area contributed by atoms with E-state index < -0.39 is 97.5 Å². The molecule has 3 unspecified atom stereocenters. The van der Waals surface area contributed by atoms with Gasteiger partial charge in [0.25, 0.3) is 0 Å². The van der Waals surface area contributed by atoms with E-state index >= 15 is 0 Å². The van der Waals surface area contributed by atoms with Crippen LogP contribution in [-0.2, 0) is 65.4 Å². The summed E-state index contributed by atoms with van der Waals surface area (Å²) in [5.41, 5.74) is 0. The molecule has 0 saturated heterocycles. The number of carbonyl (C=O) groups excluding carboxylic acids is 4. The van der Waals surface area contributed by atoms with Gasteiger partial charge in [0, 0.05) is 25.7 Å². The van der Waals surface area contributed by atoms with Gasteiger partial charge in [0.05, 0.1) is 26.4 Å². The van der Waals surface area contributed by atoms with Gasteiger partial charge in [0.2, 0.25) is 0 Å². The molecule has 19 heteroatoms. The lowest BCUT2D eigenvalue weighted by Crippen LogP contribution is -2.30. The Kier molecular flexibility index (Phi) is 64.0. The molecule has 0 aliphatic carbocycles. The number of rotatable bonds is 73. The summed E-state index contributed by atoms with van der Waals surface area (Å²) in [6.07, 6.45) is 49.9. The molecule has 0 aliphatic rings. The van der Waals surface area contributed by atoms with Gasteiger partial charge < -0.3 is 33.8 Å². The number of aliphatic hydroxyl groups excluding tert-OH is 1. The van der Waals surface area contributed by atoms with Gasteiger partial charge in [-0.1, -0.05) is 331 Å². The zero-order valence-electron chi connectivity index (χ0n) is 62.3. The number of aliphatic hydroxyl groups is 1. The molecule has 0 radical (unpaired) electrons. The Morgan fingerprint density at radius 3 is 0.653 bits per heavy atom. The lowest BCUT2D eigenvalue weighted by atomic mass is 10.0. The van der Waals surface area contributed by atoms with Crippen molar-refractivity contribution < 1.29 is 80.2 Å². The summed E-state index contributed by atoms with van der Waals surface area (Å²) in [6, 6.07) is 0. The quantitative estimate of drug-likeness (QED) is 0.0222. The molecule has 0 heterocycles. The van der Waals surface area contributed by atoms with E-state index in [-0.39, 0.29) is 25.7 Å². The summed E-state index contributed by atoms with van der Waals surface area (Å²) in [5, 5.41) is 10.6. The zero-order valence-corrected chi connectivity index (χ0v) is 64.1. The van der Waals surface area contributed by atoms with Crippen molar-refractivity contribution in [2.75, 3.05) is 39.6 Å². The number of esters is 4. The number of carbonyl (C=O) groups is 4. The van der Waals surface area contributed by atoms with Crippen molar-refractivity contribution in [1.29, 1.82) is 0 Å². The summed E-state index contributed by atoms with van der Waals surface area (Å²) in [5.74, 6) is 0.922. The number of hydrogen-bond donors (Lipinski definition) is 3. The molecule has 0 aromatic rings. The summed E-state index contributed by atoms with van der Waals surface area (Å²) in [6.45, 7) is 14.2. The fraction of sp³-hybridized carbons (Fsp3) is 0.947. The first-order valence-corrected chi connectivity index (χ1v) is 42.2. The normalized spacial score (nSPS) is 14.1.